The van der Waals surface area contributed by atoms with Crippen LogP contribution in [0.1, 0.15) is 39.0 Å². The van der Waals surface area contributed by atoms with Gasteiger partial charge in [-0.2, -0.15) is 0 Å². The summed E-state index contributed by atoms with van der Waals surface area (Å²) in [7, 11) is 0. The number of carbonyl (C=O) groups is 2. The molecule has 0 aliphatic heterocycles. The molecule has 1 aliphatic rings. The maximum absolute atomic E-state index is 11.7. The highest BCUT2D eigenvalue weighted by molar-refractivity contribution is 5.86. The molecule has 0 bridgehead atoms. The molecule has 0 spiro atoms. The van der Waals surface area contributed by atoms with E-state index in [-0.39, 0.29) is 21.5 Å². The van der Waals surface area contributed by atoms with Crippen LogP contribution < -0.4 is 22.6 Å². The first-order valence-electron chi connectivity index (χ1n) is 5.58. The molecule has 0 aromatic heterocycles. The van der Waals surface area contributed by atoms with Crippen LogP contribution in [0.15, 0.2) is 12.2 Å². The number of ketones is 1. The van der Waals surface area contributed by atoms with Gasteiger partial charge in [0.15, 0.2) is 0 Å². The molecule has 4 heteroatoms. The smallest absolute Gasteiger partial charge is 0.301 e. The van der Waals surface area contributed by atoms with E-state index in [0.29, 0.717) is 19.3 Å². The predicted octanol–water partition coefficient (Wildman–Crippen LogP) is -0.911. The zero-order valence-electron chi connectivity index (χ0n) is 9.41. The van der Waals surface area contributed by atoms with E-state index in [1.165, 1.54) is 0 Å². The minimum absolute atomic E-state index is 0.0872. The van der Waals surface area contributed by atoms with Crippen LogP contribution in [0.4, 0.5) is 0 Å². The van der Waals surface area contributed by atoms with Crippen LogP contribution in [-0.2, 0) is 9.59 Å². The van der Waals surface area contributed by atoms with E-state index in [1.807, 2.05) is 19.1 Å². The Bertz CT molecular complexity index is 311. The molecular formula is C12H17IO3-. The van der Waals surface area contributed by atoms with Gasteiger partial charge in [-0.15, -0.1) is 3.42 Å². The number of hydrogen-bond acceptors (Lipinski definition) is 2. The summed E-state index contributed by atoms with van der Waals surface area (Å²) in [6.45, 7) is 2.04. The lowest BCUT2D eigenvalue weighted by Gasteiger charge is -2.40. The Morgan fingerprint density at radius 2 is 2.31 bits per heavy atom. The van der Waals surface area contributed by atoms with Gasteiger partial charge in [0.25, 0.3) is 0 Å². The Hall–Kier alpha value is -0.390. The van der Waals surface area contributed by atoms with Crippen molar-refractivity contribution in [2.45, 2.75) is 42.4 Å². The SMILES string of the molecule is CC/C=C\C[C@H]1C(=O)CC[C@@]1([I-])CC(=O)O. The first-order valence-corrected chi connectivity index (χ1v) is 6.66. The summed E-state index contributed by atoms with van der Waals surface area (Å²) in [5.74, 6) is -0.711. The highest BCUT2D eigenvalue weighted by Gasteiger charge is 2.38. The number of rotatable bonds is 5. The van der Waals surface area contributed by atoms with E-state index < -0.39 is 5.97 Å². The van der Waals surface area contributed by atoms with Gasteiger partial charge in [0.05, 0.1) is 0 Å². The maximum Gasteiger partial charge on any atom is 0.301 e. The van der Waals surface area contributed by atoms with E-state index in [9.17, 15) is 9.59 Å². The average Bonchev–Trinajstić information content (AvgIpc) is 2.44. The zero-order valence-corrected chi connectivity index (χ0v) is 11.6. The van der Waals surface area contributed by atoms with Crippen molar-refractivity contribution in [3.8, 4) is 0 Å². The molecule has 0 unspecified atom stereocenters. The standard InChI is InChI=1S/C12H17IO3/c1-2-3-4-5-9-10(14)6-7-12(9,13)8-11(15)16/h3-4,9H,2,5-8H2,1H3,(H,15,16)/q-1/b4-3-/t9-,12+/m0/s1. The highest BCUT2D eigenvalue weighted by Crippen LogP contribution is 2.33. The van der Waals surface area contributed by atoms with Crippen LogP contribution in [0.5, 0.6) is 0 Å². The highest BCUT2D eigenvalue weighted by atomic mass is 127. The number of carbonyl (C=O) groups excluding carboxylic acids is 1. The van der Waals surface area contributed by atoms with E-state index in [1.54, 1.807) is 0 Å². The van der Waals surface area contributed by atoms with E-state index >= 15 is 0 Å². The number of hydrogen-bond donors (Lipinski definition) is 1. The molecule has 1 saturated carbocycles. The molecule has 1 fully saturated rings. The molecule has 1 N–H and O–H groups in total. The van der Waals surface area contributed by atoms with Crippen molar-refractivity contribution in [2.24, 2.45) is 5.92 Å². The summed E-state index contributed by atoms with van der Waals surface area (Å²) < 4.78 is -0.376. The number of carboxylic acids is 1. The maximum atomic E-state index is 11.7. The lowest BCUT2D eigenvalue weighted by molar-refractivity contribution is -0.484. The van der Waals surface area contributed by atoms with Gasteiger partial charge in [0, 0.05) is 18.8 Å². The zero-order chi connectivity index (χ0) is 12.2. The molecule has 3 nitrogen and oxygen atoms in total. The van der Waals surface area contributed by atoms with Gasteiger partial charge in [-0.1, -0.05) is 25.5 Å². The quantitative estimate of drug-likeness (QED) is 0.402. The molecule has 16 heavy (non-hydrogen) atoms. The Balaban J connectivity index is 2.72. The number of alkyl halides is 1. The van der Waals surface area contributed by atoms with Crippen molar-refractivity contribution in [1.82, 2.24) is 0 Å². The molecule has 0 saturated heterocycles. The first kappa shape index (κ1) is 13.7. The summed E-state index contributed by atoms with van der Waals surface area (Å²) in [4.78, 5) is 22.5. The number of aliphatic carboxylic acids is 1. The molecule has 91 valence electrons. The number of carboxylic acid groups (broad SMARTS) is 1. The van der Waals surface area contributed by atoms with Gasteiger partial charge < -0.3 is 27.7 Å². The first-order chi connectivity index (χ1) is 7.49. The van der Waals surface area contributed by atoms with E-state index in [4.69, 9.17) is 5.11 Å². The Kier molecular flexibility index (Phi) is 4.95. The van der Waals surface area contributed by atoms with Gasteiger partial charge in [0.2, 0.25) is 0 Å². The monoisotopic (exact) mass is 336 g/mol. The predicted molar refractivity (Wildman–Crippen MR) is 56.8 cm³/mol. The molecule has 1 radical (unpaired) electrons. The summed E-state index contributed by atoms with van der Waals surface area (Å²) in [5, 5.41) is 8.88. The van der Waals surface area contributed by atoms with Crippen LogP contribution in [0.25, 0.3) is 0 Å². The van der Waals surface area contributed by atoms with Gasteiger partial charge in [-0.25, -0.2) is 0 Å². The molecule has 0 aromatic rings. The fourth-order valence-corrected chi connectivity index (χ4v) is 3.37. The van der Waals surface area contributed by atoms with E-state index in [0.717, 1.165) is 6.42 Å². The summed E-state index contributed by atoms with van der Waals surface area (Å²) in [6.07, 6.45) is 6.98. The summed E-state index contributed by atoms with van der Waals surface area (Å²) in [6, 6.07) is 0. The third kappa shape index (κ3) is 3.30. The second kappa shape index (κ2) is 5.80. The molecule has 0 amide bonds. The van der Waals surface area contributed by atoms with Gasteiger partial charge in [-0.3, -0.25) is 9.59 Å². The molecule has 1 rings (SSSR count). The third-order valence-corrected chi connectivity index (χ3v) is 4.69. The van der Waals surface area contributed by atoms with Crippen LogP contribution in [0, 0.1) is 5.92 Å². The largest absolute Gasteiger partial charge is 0.788 e. The van der Waals surface area contributed by atoms with Crippen molar-refractivity contribution >= 4 is 11.8 Å². The summed E-state index contributed by atoms with van der Waals surface area (Å²) >= 11 is 2.17. The molecule has 1 aliphatic carbocycles. The second-order valence-corrected chi connectivity index (χ2v) is 6.39. The molecular weight excluding hydrogens is 319 g/mol. The van der Waals surface area contributed by atoms with Crippen LogP contribution in [0.2, 0.25) is 0 Å². The number of allylic oxidation sites excluding steroid dienone is 2. The lowest BCUT2D eigenvalue weighted by atomic mass is 9.89. The van der Waals surface area contributed by atoms with Crippen molar-refractivity contribution in [3.05, 3.63) is 12.2 Å². The number of halogens is 1. The molecule has 0 aromatic carbocycles. The van der Waals surface area contributed by atoms with Crippen molar-refractivity contribution < 1.29 is 37.3 Å². The van der Waals surface area contributed by atoms with Gasteiger partial charge in [-0.05, 0) is 12.8 Å². The number of Topliss-reactive ketones (excluding diaryl/α,β-unsaturated/α-hetero) is 1. The molecule has 0 heterocycles. The Morgan fingerprint density at radius 3 is 2.88 bits per heavy atom. The fourth-order valence-electron chi connectivity index (χ4n) is 2.17. The topological polar surface area (TPSA) is 54.4 Å². The van der Waals surface area contributed by atoms with Crippen LogP contribution in [0.3, 0.4) is 0 Å². The summed E-state index contributed by atoms with van der Waals surface area (Å²) in [5.41, 5.74) is 0. The fraction of sp³-hybridized carbons (Fsp3) is 0.667. The van der Waals surface area contributed by atoms with Crippen molar-refractivity contribution in [2.75, 3.05) is 0 Å². The van der Waals surface area contributed by atoms with Crippen molar-refractivity contribution in [3.63, 3.8) is 0 Å². The minimum Gasteiger partial charge on any atom is -0.788 e. The normalized spacial score (nSPS) is 30.1. The Labute approximate surface area is 109 Å². The van der Waals surface area contributed by atoms with Crippen molar-refractivity contribution in [1.29, 1.82) is 0 Å². The van der Waals surface area contributed by atoms with Gasteiger partial charge in [0.1, 0.15) is 5.78 Å². The minimum atomic E-state index is -0.812. The van der Waals surface area contributed by atoms with Crippen LogP contribution in [-0.4, -0.2) is 20.3 Å². The second-order valence-electron chi connectivity index (χ2n) is 4.24. The average molecular weight is 336 g/mol. The molecule has 2 atom stereocenters. The van der Waals surface area contributed by atoms with Crippen LogP contribution >= 0.6 is 0 Å². The lowest BCUT2D eigenvalue weighted by Crippen LogP contribution is -3.44. The van der Waals surface area contributed by atoms with E-state index in [2.05, 4.69) is 22.6 Å². The Morgan fingerprint density at radius 1 is 1.62 bits per heavy atom. The third-order valence-electron chi connectivity index (χ3n) is 3.02. The van der Waals surface area contributed by atoms with Gasteiger partial charge >= 0.3 is 5.97 Å².